The van der Waals surface area contributed by atoms with Gasteiger partial charge in [0.15, 0.2) is 10.9 Å². The molecule has 0 atom stereocenters. The lowest BCUT2D eigenvalue weighted by molar-refractivity contribution is -0.116. The fraction of sp³-hybridized carbons (Fsp3) is 0.143. The average Bonchev–Trinajstić information content (AvgIpc) is 3.14. The fourth-order valence-electron chi connectivity index (χ4n) is 2.58. The van der Waals surface area contributed by atoms with E-state index in [1.165, 1.54) is 6.92 Å². The van der Waals surface area contributed by atoms with Crippen molar-refractivity contribution in [3.63, 3.8) is 0 Å². The summed E-state index contributed by atoms with van der Waals surface area (Å²) >= 11 is 4.47. The van der Waals surface area contributed by atoms with Crippen molar-refractivity contribution in [1.82, 2.24) is 10.3 Å². The first-order chi connectivity index (χ1) is 14.4. The van der Waals surface area contributed by atoms with Crippen molar-refractivity contribution in [2.45, 2.75) is 13.3 Å². The van der Waals surface area contributed by atoms with E-state index in [0.717, 1.165) is 21.4 Å². The molecule has 1 aromatic heterocycles. The number of thiazole rings is 1. The van der Waals surface area contributed by atoms with E-state index in [1.807, 2.05) is 42.5 Å². The Hall–Kier alpha value is -3.04. The molecule has 0 aliphatic carbocycles. The second-order valence-corrected chi connectivity index (χ2v) is 8.22. The lowest BCUT2D eigenvalue weighted by Gasteiger charge is -2.07. The third-order valence-electron chi connectivity index (χ3n) is 3.98. The number of nitrogens with one attached hydrogen (secondary N) is 3. The normalized spacial score (nSPS) is 10.3. The maximum Gasteiger partial charge on any atom is 0.319 e. The summed E-state index contributed by atoms with van der Waals surface area (Å²) in [6, 6.07) is 16.1. The van der Waals surface area contributed by atoms with Crippen molar-refractivity contribution >= 4 is 55.8 Å². The smallest absolute Gasteiger partial charge is 0.319 e. The zero-order valence-electron chi connectivity index (χ0n) is 16.1. The van der Waals surface area contributed by atoms with E-state index in [-0.39, 0.29) is 24.7 Å². The van der Waals surface area contributed by atoms with Crippen LogP contribution in [-0.2, 0) is 4.79 Å². The molecule has 3 amide bonds. The molecule has 0 saturated carbocycles. The first-order valence-corrected chi connectivity index (χ1v) is 10.7. The molecule has 0 aliphatic heterocycles. The maximum absolute atomic E-state index is 12.2. The van der Waals surface area contributed by atoms with Crippen LogP contribution in [0.15, 0.2) is 59.1 Å². The van der Waals surface area contributed by atoms with Crippen LogP contribution in [0.3, 0.4) is 0 Å². The Labute approximate surface area is 186 Å². The summed E-state index contributed by atoms with van der Waals surface area (Å²) in [5, 5.41) is 8.36. The Morgan fingerprint density at radius 1 is 1.00 bits per heavy atom. The molecule has 1 heterocycles. The molecular formula is C21H19BrN4O3S. The Kier molecular flexibility index (Phi) is 7.31. The summed E-state index contributed by atoms with van der Waals surface area (Å²) < 4.78 is 0.913. The predicted molar refractivity (Wildman–Crippen MR) is 122 cm³/mol. The molecule has 0 bridgehead atoms. The van der Waals surface area contributed by atoms with Crippen molar-refractivity contribution in [3.05, 3.63) is 63.9 Å². The molecule has 0 aliphatic rings. The van der Waals surface area contributed by atoms with Gasteiger partial charge in [0.05, 0.1) is 10.6 Å². The Morgan fingerprint density at radius 2 is 1.70 bits per heavy atom. The van der Waals surface area contributed by atoms with Gasteiger partial charge >= 0.3 is 6.03 Å². The van der Waals surface area contributed by atoms with Gasteiger partial charge in [-0.05, 0) is 24.3 Å². The number of amides is 3. The molecule has 9 heteroatoms. The van der Waals surface area contributed by atoms with E-state index in [9.17, 15) is 14.4 Å². The minimum atomic E-state index is -0.399. The van der Waals surface area contributed by atoms with Crippen molar-refractivity contribution in [2.75, 3.05) is 17.2 Å². The average molecular weight is 487 g/mol. The molecule has 3 N–H and O–H groups in total. The first-order valence-electron chi connectivity index (χ1n) is 9.10. The highest BCUT2D eigenvalue weighted by Crippen LogP contribution is 2.31. The van der Waals surface area contributed by atoms with Crippen molar-refractivity contribution < 1.29 is 14.4 Å². The molecule has 0 saturated heterocycles. The second-order valence-electron chi connectivity index (χ2n) is 6.30. The van der Waals surface area contributed by atoms with Crippen LogP contribution in [0.2, 0.25) is 0 Å². The highest BCUT2D eigenvalue weighted by Gasteiger charge is 2.17. The number of nitrogens with zero attached hydrogens (tertiary/aromatic N) is 1. The van der Waals surface area contributed by atoms with E-state index in [1.54, 1.807) is 12.1 Å². The van der Waals surface area contributed by atoms with E-state index in [4.69, 9.17) is 0 Å². The fourth-order valence-corrected chi connectivity index (χ4v) is 3.75. The van der Waals surface area contributed by atoms with Gasteiger partial charge in [0.2, 0.25) is 5.91 Å². The van der Waals surface area contributed by atoms with E-state index in [0.29, 0.717) is 21.4 Å². The summed E-state index contributed by atoms with van der Waals surface area (Å²) in [7, 11) is 0. The first kappa shape index (κ1) is 21.7. The molecule has 0 radical (unpaired) electrons. The lowest BCUT2D eigenvalue weighted by atomic mass is 10.1. The number of Topliss-reactive ketones (excluding diaryl/α,β-unsaturated/α-hetero) is 1. The number of rotatable bonds is 7. The third kappa shape index (κ3) is 5.98. The van der Waals surface area contributed by atoms with Gasteiger partial charge in [-0.3, -0.25) is 9.59 Å². The van der Waals surface area contributed by atoms with E-state index in [2.05, 4.69) is 36.9 Å². The van der Waals surface area contributed by atoms with Crippen LogP contribution < -0.4 is 16.0 Å². The number of benzene rings is 2. The largest absolute Gasteiger partial charge is 0.337 e. The number of aromatic nitrogens is 1. The van der Waals surface area contributed by atoms with Gasteiger partial charge in [0, 0.05) is 35.6 Å². The van der Waals surface area contributed by atoms with Gasteiger partial charge in [-0.25, -0.2) is 9.78 Å². The predicted octanol–water partition coefficient (Wildman–Crippen LogP) is 4.93. The highest BCUT2D eigenvalue weighted by molar-refractivity contribution is 9.10. The number of hydrogen-bond donors (Lipinski definition) is 3. The maximum atomic E-state index is 12.2. The molecule has 3 aromatic rings. The van der Waals surface area contributed by atoms with Crippen LogP contribution in [-0.4, -0.2) is 29.3 Å². The standard InChI is InChI=1S/C21H19BrN4O3S/c1-13(27)19-18(14-5-3-2-4-6-14)26-21(30-19)25-17(28)11-12-23-20(29)24-16-9-7-15(22)8-10-16/h2-10H,11-12H2,1H3,(H2,23,24,29)(H,25,26,28). The molecule has 0 unspecified atom stereocenters. The Balaban J connectivity index is 1.53. The number of halogens is 1. The summed E-state index contributed by atoms with van der Waals surface area (Å²) in [5.74, 6) is -0.416. The van der Waals surface area contributed by atoms with Gasteiger partial charge < -0.3 is 16.0 Å². The zero-order valence-corrected chi connectivity index (χ0v) is 18.5. The number of carbonyl (C=O) groups excluding carboxylic acids is 3. The minimum absolute atomic E-state index is 0.0728. The molecule has 2 aromatic carbocycles. The minimum Gasteiger partial charge on any atom is -0.337 e. The number of ketones is 1. The SMILES string of the molecule is CC(=O)c1sc(NC(=O)CCNC(=O)Nc2ccc(Br)cc2)nc1-c1ccccc1. The van der Waals surface area contributed by atoms with Crippen LogP contribution in [0.5, 0.6) is 0 Å². The summed E-state index contributed by atoms with van der Waals surface area (Å²) in [6.45, 7) is 1.63. The molecule has 7 nitrogen and oxygen atoms in total. The molecule has 30 heavy (non-hydrogen) atoms. The van der Waals surface area contributed by atoms with Crippen LogP contribution in [0.4, 0.5) is 15.6 Å². The Morgan fingerprint density at radius 3 is 2.37 bits per heavy atom. The van der Waals surface area contributed by atoms with Crippen molar-refractivity contribution in [2.24, 2.45) is 0 Å². The zero-order chi connectivity index (χ0) is 21.5. The second kappa shape index (κ2) is 10.1. The van der Waals surface area contributed by atoms with Crippen molar-refractivity contribution in [1.29, 1.82) is 0 Å². The highest BCUT2D eigenvalue weighted by atomic mass is 79.9. The van der Waals surface area contributed by atoms with Crippen LogP contribution >= 0.6 is 27.3 Å². The molecule has 3 rings (SSSR count). The van der Waals surface area contributed by atoms with Crippen LogP contribution in [0.1, 0.15) is 23.0 Å². The topological polar surface area (TPSA) is 100 Å². The van der Waals surface area contributed by atoms with Gasteiger partial charge in [-0.2, -0.15) is 0 Å². The van der Waals surface area contributed by atoms with Crippen LogP contribution in [0, 0.1) is 0 Å². The van der Waals surface area contributed by atoms with Crippen LogP contribution in [0.25, 0.3) is 11.3 Å². The van der Waals surface area contributed by atoms with Gasteiger partial charge in [0.1, 0.15) is 0 Å². The summed E-state index contributed by atoms with van der Waals surface area (Å²) in [4.78, 5) is 41.0. The molecule has 154 valence electrons. The van der Waals surface area contributed by atoms with Gasteiger partial charge in [-0.1, -0.05) is 57.6 Å². The quantitative estimate of drug-likeness (QED) is 0.412. The van der Waals surface area contributed by atoms with Gasteiger partial charge in [0.25, 0.3) is 0 Å². The number of carbonyl (C=O) groups is 3. The number of anilines is 2. The lowest BCUT2D eigenvalue weighted by Crippen LogP contribution is -2.31. The monoisotopic (exact) mass is 486 g/mol. The molecule has 0 spiro atoms. The van der Waals surface area contributed by atoms with E-state index < -0.39 is 6.03 Å². The summed E-state index contributed by atoms with van der Waals surface area (Å²) in [6.07, 6.45) is 0.0728. The molecule has 0 fully saturated rings. The number of urea groups is 1. The number of hydrogen-bond acceptors (Lipinski definition) is 5. The summed E-state index contributed by atoms with van der Waals surface area (Å²) in [5.41, 5.74) is 2.01. The Bertz CT molecular complexity index is 1050. The molecular weight excluding hydrogens is 468 g/mol. The van der Waals surface area contributed by atoms with E-state index >= 15 is 0 Å². The van der Waals surface area contributed by atoms with Crippen molar-refractivity contribution in [3.8, 4) is 11.3 Å². The van der Waals surface area contributed by atoms with Gasteiger partial charge in [-0.15, -0.1) is 0 Å². The third-order valence-corrected chi connectivity index (χ3v) is 5.58.